The van der Waals surface area contributed by atoms with Crippen molar-refractivity contribution in [3.8, 4) is 11.5 Å². The highest BCUT2D eigenvalue weighted by molar-refractivity contribution is 9.10. The standard InChI is InChI=1S/C11H16BrNO2/c1-6-8(7(2)13)5-9(14-3)11(15-4)10(6)12/h5,7H,13H2,1-4H3. The molecule has 0 saturated carbocycles. The minimum atomic E-state index is -0.0268. The van der Waals surface area contributed by atoms with Crippen LogP contribution in [0.5, 0.6) is 11.5 Å². The Morgan fingerprint density at radius 3 is 2.33 bits per heavy atom. The van der Waals surface area contributed by atoms with Crippen LogP contribution in [0.4, 0.5) is 0 Å². The first-order valence-electron chi connectivity index (χ1n) is 4.69. The number of hydrogen-bond acceptors (Lipinski definition) is 3. The number of methoxy groups -OCH3 is 2. The molecule has 0 heterocycles. The topological polar surface area (TPSA) is 44.5 Å². The molecule has 0 spiro atoms. The van der Waals surface area contributed by atoms with Crippen molar-refractivity contribution in [3.63, 3.8) is 0 Å². The van der Waals surface area contributed by atoms with Crippen molar-refractivity contribution in [2.45, 2.75) is 19.9 Å². The van der Waals surface area contributed by atoms with E-state index in [2.05, 4.69) is 15.9 Å². The SMILES string of the molecule is COc1cc(C(C)N)c(C)c(Br)c1OC. The van der Waals surface area contributed by atoms with Gasteiger partial charge >= 0.3 is 0 Å². The molecule has 84 valence electrons. The van der Waals surface area contributed by atoms with E-state index >= 15 is 0 Å². The van der Waals surface area contributed by atoms with Crippen molar-refractivity contribution < 1.29 is 9.47 Å². The Morgan fingerprint density at radius 2 is 1.93 bits per heavy atom. The summed E-state index contributed by atoms with van der Waals surface area (Å²) in [7, 11) is 3.23. The average molecular weight is 274 g/mol. The van der Waals surface area contributed by atoms with E-state index in [0.717, 1.165) is 15.6 Å². The molecule has 1 aromatic rings. The molecule has 1 aromatic carbocycles. The van der Waals surface area contributed by atoms with Gasteiger partial charge in [0.2, 0.25) is 0 Å². The third kappa shape index (κ3) is 2.26. The second-order valence-electron chi connectivity index (χ2n) is 3.43. The molecule has 0 bridgehead atoms. The summed E-state index contributed by atoms with van der Waals surface area (Å²) in [6, 6.07) is 1.89. The summed E-state index contributed by atoms with van der Waals surface area (Å²) in [6.45, 7) is 3.95. The van der Waals surface area contributed by atoms with Crippen molar-refractivity contribution in [1.82, 2.24) is 0 Å². The molecule has 3 nitrogen and oxygen atoms in total. The molecule has 1 unspecified atom stereocenters. The van der Waals surface area contributed by atoms with Gasteiger partial charge in [-0.3, -0.25) is 0 Å². The minimum Gasteiger partial charge on any atom is -0.493 e. The fraction of sp³-hybridized carbons (Fsp3) is 0.455. The minimum absolute atomic E-state index is 0.0268. The van der Waals surface area contributed by atoms with Gasteiger partial charge in [0.1, 0.15) is 0 Å². The van der Waals surface area contributed by atoms with E-state index in [1.807, 2.05) is 19.9 Å². The molecular weight excluding hydrogens is 258 g/mol. The van der Waals surface area contributed by atoms with Crippen LogP contribution in [-0.2, 0) is 0 Å². The summed E-state index contributed by atoms with van der Waals surface area (Å²) in [6.07, 6.45) is 0. The van der Waals surface area contributed by atoms with Crippen LogP contribution in [0.15, 0.2) is 10.5 Å². The van der Waals surface area contributed by atoms with Crippen LogP contribution < -0.4 is 15.2 Å². The largest absolute Gasteiger partial charge is 0.493 e. The number of benzene rings is 1. The van der Waals surface area contributed by atoms with Gasteiger partial charge < -0.3 is 15.2 Å². The summed E-state index contributed by atoms with van der Waals surface area (Å²) in [5.41, 5.74) is 8.02. The lowest BCUT2D eigenvalue weighted by atomic mass is 10.0. The maximum Gasteiger partial charge on any atom is 0.175 e. The average Bonchev–Trinajstić information content (AvgIpc) is 2.21. The lowest BCUT2D eigenvalue weighted by Crippen LogP contribution is -2.08. The predicted octanol–water partition coefficient (Wildman–Crippen LogP) is 2.79. The Morgan fingerprint density at radius 1 is 1.33 bits per heavy atom. The van der Waals surface area contributed by atoms with Crippen molar-refractivity contribution in [1.29, 1.82) is 0 Å². The highest BCUT2D eigenvalue weighted by Gasteiger charge is 2.16. The van der Waals surface area contributed by atoms with Crippen LogP contribution in [0.2, 0.25) is 0 Å². The second kappa shape index (κ2) is 4.86. The smallest absolute Gasteiger partial charge is 0.175 e. The fourth-order valence-corrected chi connectivity index (χ4v) is 2.12. The number of hydrogen-bond donors (Lipinski definition) is 1. The monoisotopic (exact) mass is 273 g/mol. The maximum atomic E-state index is 5.88. The second-order valence-corrected chi connectivity index (χ2v) is 4.22. The first-order chi connectivity index (χ1) is 7.02. The van der Waals surface area contributed by atoms with E-state index in [1.54, 1.807) is 14.2 Å². The van der Waals surface area contributed by atoms with Crippen molar-refractivity contribution >= 4 is 15.9 Å². The van der Waals surface area contributed by atoms with Gasteiger partial charge in [-0.1, -0.05) is 0 Å². The molecule has 1 atom stereocenters. The van der Waals surface area contributed by atoms with Gasteiger partial charge in [-0.05, 0) is 47.0 Å². The van der Waals surface area contributed by atoms with Crippen LogP contribution in [0.3, 0.4) is 0 Å². The molecule has 0 aliphatic carbocycles. The van der Waals surface area contributed by atoms with E-state index in [4.69, 9.17) is 15.2 Å². The summed E-state index contributed by atoms with van der Waals surface area (Å²) >= 11 is 3.49. The van der Waals surface area contributed by atoms with Crippen molar-refractivity contribution in [3.05, 3.63) is 21.7 Å². The first kappa shape index (κ1) is 12.3. The number of nitrogens with two attached hydrogens (primary N) is 1. The Bertz CT molecular complexity index is 364. The maximum absolute atomic E-state index is 5.88. The fourth-order valence-electron chi connectivity index (χ4n) is 1.53. The molecule has 0 fully saturated rings. The van der Waals surface area contributed by atoms with E-state index in [1.165, 1.54) is 0 Å². The Labute approximate surface area is 98.7 Å². The third-order valence-electron chi connectivity index (χ3n) is 2.39. The molecule has 1 rings (SSSR count). The highest BCUT2D eigenvalue weighted by atomic mass is 79.9. The molecule has 0 saturated heterocycles. The van der Waals surface area contributed by atoms with Gasteiger partial charge in [0.15, 0.2) is 11.5 Å². The quantitative estimate of drug-likeness (QED) is 0.921. The summed E-state index contributed by atoms with van der Waals surface area (Å²) < 4.78 is 11.4. The molecule has 15 heavy (non-hydrogen) atoms. The van der Waals surface area contributed by atoms with Crippen LogP contribution >= 0.6 is 15.9 Å². The van der Waals surface area contributed by atoms with Crippen LogP contribution in [0.25, 0.3) is 0 Å². The van der Waals surface area contributed by atoms with Gasteiger partial charge in [0.25, 0.3) is 0 Å². The molecule has 0 amide bonds. The van der Waals surface area contributed by atoms with Gasteiger partial charge in [0, 0.05) is 6.04 Å². The number of halogens is 1. The van der Waals surface area contributed by atoms with E-state index in [-0.39, 0.29) is 6.04 Å². The first-order valence-corrected chi connectivity index (χ1v) is 5.48. The van der Waals surface area contributed by atoms with Crippen molar-refractivity contribution in [2.75, 3.05) is 14.2 Å². The van der Waals surface area contributed by atoms with Crippen LogP contribution in [0.1, 0.15) is 24.1 Å². The molecule has 0 aliphatic rings. The summed E-state index contributed by atoms with van der Waals surface area (Å²) in [5.74, 6) is 1.40. The number of rotatable bonds is 3. The lowest BCUT2D eigenvalue weighted by molar-refractivity contribution is 0.352. The van der Waals surface area contributed by atoms with Gasteiger partial charge in [0.05, 0.1) is 18.7 Å². The van der Waals surface area contributed by atoms with Gasteiger partial charge in [-0.2, -0.15) is 0 Å². The van der Waals surface area contributed by atoms with Crippen LogP contribution in [0, 0.1) is 6.92 Å². The summed E-state index contributed by atoms with van der Waals surface area (Å²) in [4.78, 5) is 0. The Kier molecular flexibility index (Phi) is 3.99. The molecule has 0 radical (unpaired) electrons. The van der Waals surface area contributed by atoms with E-state index in [9.17, 15) is 0 Å². The zero-order valence-corrected chi connectivity index (χ0v) is 11.0. The highest BCUT2D eigenvalue weighted by Crippen LogP contribution is 2.40. The molecule has 0 aliphatic heterocycles. The molecule has 2 N–H and O–H groups in total. The molecular formula is C11H16BrNO2. The van der Waals surface area contributed by atoms with Crippen LogP contribution in [-0.4, -0.2) is 14.2 Å². The van der Waals surface area contributed by atoms with E-state index in [0.29, 0.717) is 11.5 Å². The van der Waals surface area contributed by atoms with Crippen molar-refractivity contribution in [2.24, 2.45) is 5.73 Å². The van der Waals surface area contributed by atoms with Gasteiger partial charge in [-0.25, -0.2) is 0 Å². The van der Waals surface area contributed by atoms with E-state index < -0.39 is 0 Å². The normalized spacial score (nSPS) is 12.4. The predicted molar refractivity (Wildman–Crippen MR) is 64.6 cm³/mol. The lowest BCUT2D eigenvalue weighted by Gasteiger charge is -2.17. The number of ether oxygens (including phenoxy) is 2. The summed E-state index contributed by atoms with van der Waals surface area (Å²) in [5, 5.41) is 0. The Balaban J connectivity index is 3.42. The third-order valence-corrected chi connectivity index (χ3v) is 3.34. The molecule has 4 heteroatoms. The molecule has 0 aromatic heterocycles. The Hall–Kier alpha value is -0.740. The van der Waals surface area contributed by atoms with Gasteiger partial charge in [-0.15, -0.1) is 0 Å². The zero-order valence-electron chi connectivity index (χ0n) is 9.43. The zero-order chi connectivity index (χ0) is 11.6.